The zero-order valence-electron chi connectivity index (χ0n) is 6.13. The summed E-state index contributed by atoms with van der Waals surface area (Å²) in [5.74, 6) is 2.72. The first-order chi connectivity index (χ1) is 4.56. The lowest BCUT2D eigenvalue weighted by molar-refractivity contribution is 0.598. The molecule has 0 rings (SSSR count). The van der Waals surface area contributed by atoms with Crippen LogP contribution in [0.2, 0.25) is 0 Å². The number of unbranched alkanes of at least 4 members (excludes halogenated alkanes) is 2. The summed E-state index contributed by atoms with van der Waals surface area (Å²) in [6.45, 7) is 0. The summed E-state index contributed by atoms with van der Waals surface area (Å²) in [6.07, 6.45) is 8.39. The van der Waals surface area contributed by atoms with Crippen molar-refractivity contribution in [3.05, 3.63) is 0 Å². The smallest absolute Gasteiger partial charge is 0.147 e. The Morgan fingerprint density at radius 2 is 2.00 bits per heavy atom. The molecule has 0 bridgehead atoms. The molecule has 3 heteroatoms. The lowest BCUT2D eigenvalue weighted by atomic mass is 10.3. The van der Waals surface area contributed by atoms with Gasteiger partial charge in [-0.25, -0.2) is 8.42 Å². The Hall–Kier alpha value is -0.490. The Morgan fingerprint density at radius 3 is 2.40 bits per heavy atom. The van der Waals surface area contributed by atoms with E-state index in [4.69, 9.17) is 6.42 Å². The predicted molar refractivity (Wildman–Crippen MR) is 42.4 cm³/mol. The molecule has 0 aromatic rings. The molecule has 0 spiro atoms. The van der Waals surface area contributed by atoms with Gasteiger partial charge < -0.3 is 0 Å². The van der Waals surface area contributed by atoms with E-state index in [0.717, 1.165) is 6.42 Å². The van der Waals surface area contributed by atoms with Gasteiger partial charge in [0.05, 0.1) is 0 Å². The van der Waals surface area contributed by atoms with Gasteiger partial charge in [-0.1, -0.05) is 0 Å². The standard InChI is InChI=1S/C7H12O2S/c1-3-4-5-6-7-10(2,8)9/h1H,4-7H2,2H3. The summed E-state index contributed by atoms with van der Waals surface area (Å²) >= 11 is 0. The molecule has 0 unspecified atom stereocenters. The van der Waals surface area contributed by atoms with Crippen LogP contribution in [-0.4, -0.2) is 20.4 Å². The number of hydrogen-bond acceptors (Lipinski definition) is 2. The fraction of sp³-hybridized carbons (Fsp3) is 0.714. The van der Waals surface area contributed by atoms with Crippen LogP contribution in [0.25, 0.3) is 0 Å². The van der Waals surface area contributed by atoms with Crippen LogP contribution in [0.3, 0.4) is 0 Å². The Morgan fingerprint density at radius 1 is 1.40 bits per heavy atom. The molecular weight excluding hydrogens is 148 g/mol. The fourth-order valence-electron chi connectivity index (χ4n) is 0.591. The molecule has 0 amide bonds. The van der Waals surface area contributed by atoms with Crippen LogP contribution in [-0.2, 0) is 9.84 Å². The van der Waals surface area contributed by atoms with Gasteiger partial charge in [0, 0.05) is 18.4 Å². The quantitative estimate of drug-likeness (QED) is 0.451. The Kier molecular flexibility index (Phi) is 4.13. The van der Waals surface area contributed by atoms with Gasteiger partial charge in [0.1, 0.15) is 9.84 Å². The van der Waals surface area contributed by atoms with Crippen molar-refractivity contribution in [2.45, 2.75) is 19.3 Å². The van der Waals surface area contributed by atoms with Gasteiger partial charge in [0.2, 0.25) is 0 Å². The van der Waals surface area contributed by atoms with Crippen LogP contribution < -0.4 is 0 Å². The molecular formula is C7H12O2S. The Balaban J connectivity index is 3.32. The topological polar surface area (TPSA) is 34.1 Å². The molecule has 0 aliphatic rings. The monoisotopic (exact) mass is 160 g/mol. The average Bonchev–Trinajstić information content (AvgIpc) is 1.78. The van der Waals surface area contributed by atoms with E-state index in [9.17, 15) is 8.42 Å². The van der Waals surface area contributed by atoms with Crippen molar-refractivity contribution in [2.75, 3.05) is 12.0 Å². The minimum Gasteiger partial charge on any atom is -0.229 e. The Labute approximate surface area is 62.6 Å². The SMILES string of the molecule is C#CCCCCS(C)(=O)=O. The zero-order valence-corrected chi connectivity index (χ0v) is 6.95. The normalized spacial score (nSPS) is 10.8. The minimum absolute atomic E-state index is 0.259. The second-order valence-electron chi connectivity index (χ2n) is 2.29. The molecule has 0 aromatic heterocycles. The van der Waals surface area contributed by atoms with Crippen molar-refractivity contribution < 1.29 is 8.42 Å². The van der Waals surface area contributed by atoms with Crippen LogP contribution in [0.15, 0.2) is 0 Å². The first-order valence-corrected chi connectivity index (χ1v) is 5.23. The number of terminal acetylenes is 1. The van der Waals surface area contributed by atoms with E-state index in [2.05, 4.69) is 5.92 Å². The van der Waals surface area contributed by atoms with Crippen molar-refractivity contribution in [3.8, 4) is 12.3 Å². The average molecular weight is 160 g/mol. The van der Waals surface area contributed by atoms with Gasteiger partial charge in [-0.2, -0.15) is 0 Å². The van der Waals surface area contributed by atoms with Gasteiger partial charge in [-0.15, -0.1) is 12.3 Å². The highest BCUT2D eigenvalue weighted by molar-refractivity contribution is 7.90. The molecule has 0 atom stereocenters. The maximum Gasteiger partial charge on any atom is 0.147 e. The van der Waals surface area contributed by atoms with E-state index in [1.807, 2.05) is 0 Å². The summed E-state index contributed by atoms with van der Waals surface area (Å²) in [4.78, 5) is 0. The highest BCUT2D eigenvalue weighted by Gasteiger charge is 1.99. The van der Waals surface area contributed by atoms with E-state index in [1.165, 1.54) is 6.26 Å². The third kappa shape index (κ3) is 7.51. The van der Waals surface area contributed by atoms with Crippen molar-refractivity contribution in [2.24, 2.45) is 0 Å². The van der Waals surface area contributed by atoms with Gasteiger partial charge in [0.25, 0.3) is 0 Å². The highest BCUT2D eigenvalue weighted by Crippen LogP contribution is 1.96. The third-order valence-corrected chi connectivity index (χ3v) is 2.12. The van der Waals surface area contributed by atoms with Crippen molar-refractivity contribution in [3.63, 3.8) is 0 Å². The van der Waals surface area contributed by atoms with Crippen LogP contribution in [0, 0.1) is 12.3 Å². The summed E-state index contributed by atoms with van der Waals surface area (Å²) < 4.78 is 21.1. The summed E-state index contributed by atoms with van der Waals surface area (Å²) in [7, 11) is -2.77. The second-order valence-corrected chi connectivity index (χ2v) is 4.55. The molecule has 0 saturated carbocycles. The third-order valence-electron chi connectivity index (χ3n) is 1.09. The van der Waals surface area contributed by atoms with Gasteiger partial charge >= 0.3 is 0 Å². The molecule has 0 heterocycles. The zero-order chi connectivity index (χ0) is 8.04. The summed E-state index contributed by atoms with van der Waals surface area (Å²) in [6, 6.07) is 0. The van der Waals surface area contributed by atoms with Gasteiger partial charge in [-0.05, 0) is 12.8 Å². The maximum absolute atomic E-state index is 10.5. The van der Waals surface area contributed by atoms with Crippen molar-refractivity contribution in [1.29, 1.82) is 0 Å². The van der Waals surface area contributed by atoms with E-state index < -0.39 is 9.84 Å². The second kappa shape index (κ2) is 4.35. The molecule has 0 saturated heterocycles. The molecule has 58 valence electrons. The van der Waals surface area contributed by atoms with Crippen LogP contribution in [0.5, 0.6) is 0 Å². The number of hydrogen-bond donors (Lipinski definition) is 0. The molecule has 0 N–H and O–H groups in total. The van der Waals surface area contributed by atoms with Crippen molar-refractivity contribution in [1.82, 2.24) is 0 Å². The first-order valence-electron chi connectivity index (χ1n) is 3.17. The van der Waals surface area contributed by atoms with E-state index >= 15 is 0 Å². The molecule has 0 aliphatic carbocycles. The summed E-state index contributed by atoms with van der Waals surface area (Å²) in [5, 5.41) is 0. The van der Waals surface area contributed by atoms with Crippen molar-refractivity contribution >= 4 is 9.84 Å². The minimum atomic E-state index is -2.77. The Bertz CT molecular complexity index is 208. The highest BCUT2D eigenvalue weighted by atomic mass is 32.2. The lowest BCUT2D eigenvalue weighted by Crippen LogP contribution is -2.02. The number of sulfone groups is 1. The first kappa shape index (κ1) is 9.51. The number of rotatable bonds is 4. The molecule has 0 aliphatic heterocycles. The molecule has 0 radical (unpaired) electrons. The predicted octanol–water partition coefficient (Wildman–Crippen LogP) is 0.835. The largest absolute Gasteiger partial charge is 0.229 e. The van der Waals surface area contributed by atoms with E-state index in [-0.39, 0.29) is 5.75 Å². The molecule has 0 aromatic carbocycles. The van der Waals surface area contributed by atoms with Crippen LogP contribution in [0.1, 0.15) is 19.3 Å². The molecule has 10 heavy (non-hydrogen) atoms. The fourth-order valence-corrected chi connectivity index (χ4v) is 1.32. The molecule has 0 fully saturated rings. The van der Waals surface area contributed by atoms with Crippen LogP contribution >= 0.6 is 0 Å². The lowest BCUT2D eigenvalue weighted by Gasteiger charge is -1.93. The van der Waals surface area contributed by atoms with E-state index in [1.54, 1.807) is 0 Å². The maximum atomic E-state index is 10.5. The van der Waals surface area contributed by atoms with E-state index in [0.29, 0.717) is 12.8 Å². The van der Waals surface area contributed by atoms with Gasteiger partial charge in [0.15, 0.2) is 0 Å². The van der Waals surface area contributed by atoms with Crippen LogP contribution in [0.4, 0.5) is 0 Å². The van der Waals surface area contributed by atoms with Gasteiger partial charge in [-0.3, -0.25) is 0 Å². The molecule has 2 nitrogen and oxygen atoms in total. The summed E-state index contributed by atoms with van der Waals surface area (Å²) in [5.41, 5.74) is 0.